The summed E-state index contributed by atoms with van der Waals surface area (Å²) in [4.78, 5) is 22.1. The summed E-state index contributed by atoms with van der Waals surface area (Å²) in [5, 5.41) is 11.0. The Kier molecular flexibility index (Phi) is 4.07. The summed E-state index contributed by atoms with van der Waals surface area (Å²) >= 11 is 0. The van der Waals surface area contributed by atoms with Crippen LogP contribution in [0.5, 0.6) is 11.5 Å². The van der Waals surface area contributed by atoms with Crippen LogP contribution in [0.1, 0.15) is 13.8 Å². The zero-order valence-electron chi connectivity index (χ0n) is 13.6. The summed E-state index contributed by atoms with van der Waals surface area (Å²) in [6.45, 7) is 4.81. The molecule has 0 amide bonds. The Morgan fingerprint density at radius 3 is 2.50 bits per heavy atom. The third kappa shape index (κ3) is 2.64. The fourth-order valence-corrected chi connectivity index (χ4v) is 2.45. The van der Waals surface area contributed by atoms with Crippen molar-refractivity contribution in [3.63, 3.8) is 0 Å². The van der Waals surface area contributed by atoms with E-state index >= 15 is 0 Å². The number of imidazole rings is 2. The molecule has 9 heteroatoms. The number of aromatic amines is 1. The van der Waals surface area contributed by atoms with Crippen LogP contribution in [0.15, 0.2) is 18.3 Å². The van der Waals surface area contributed by atoms with Crippen LogP contribution in [-0.2, 0) is 7.05 Å². The zero-order chi connectivity index (χ0) is 17.3. The standard InChI is InChI=1S/C15H17N5O4/c1-4-23-11-6-9-10(7-12(11)24-5-2)18-14(17-9)15-16-8-13(19(15)3)20(21)22/h6-8H,4-5H2,1-3H3,(H,17,18). The number of fused-ring (bicyclic) bond motifs is 1. The molecule has 0 atom stereocenters. The zero-order valence-corrected chi connectivity index (χ0v) is 13.6. The number of hydrogen-bond acceptors (Lipinski definition) is 6. The number of aromatic nitrogens is 4. The first-order valence-electron chi connectivity index (χ1n) is 7.51. The predicted octanol–water partition coefficient (Wildman–Crippen LogP) is 2.67. The Morgan fingerprint density at radius 2 is 1.92 bits per heavy atom. The van der Waals surface area contributed by atoms with Gasteiger partial charge in [-0.2, -0.15) is 0 Å². The van der Waals surface area contributed by atoms with E-state index in [1.165, 1.54) is 10.8 Å². The molecule has 0 aliphatic carbocycles. The van der Waals surface area contributed by atoms with Crippen molar-refractivity contribution >= 4 is 16.9 Å². The summed E-state index contributed by atoms with van der Waals surface area (Å²) in [5.41, 5.74) is 1.41. The second-order valence-corrected chi connectivity index (χ2v) is 5.02. The highest BCUT2D eigenvalue weighted by atomic mass is 16.6. The Balaban J connectivity index is 2.09. The maximum atomic E-state index is 11.0. The largest absolute Gasteiger partial charge is 0.490 e. The average Bonchev–Trinajstić information content (AvgIpc) is 3.10. The number of H-pyrrole nitrogens is 1. The molecule has 0 saturated carbocycles. The number of hydrogen-bond donors (Lipinski definition) is 1. The molecule has 3 aromatic rings. The number of nitrogens with one attached hydrogen (secondary N) is 1. The van der Waals surface area contributed by atoms with Crippen LogP contribution in [0.4, 0.5) is 5.82 Å². The molecular weight excluding hydrogens is 314 g/mol. The first-order valence-corrected chi connectivity index (χ1v) is 7.51. The molecule has 1 aromatic carbocycles. The summed E-state index contributed by atoms with van der Waals surface area (Å²) in [7, 11) is 1.57. The van der Waals surface area contributed by atoms with E-state index in [0.717, 1.165) is 5.52 Å². The number of nitro groups is 1. The molecule has 0 aliphatic heterocycles. The van der Waals surface area contributed by atoms with Gasteiger partial charge in [-0.3, -0.25) is 0 Å². The van der Waals surface area contributed by atoms with E-state index in [-0.39, 0.29) is 5.82 Å². The third-order valence-electron chi connectivity index (χ3n) is 3.51. The Morgan fingerprint density at radius 1 is 1.25 bits per heavy atom. The van der Waals surface area contributed by atoms with Gasteiger partial charge in [-0.05, 0) is 18.8 Å². The van der Waals surface area contributed by atoms with Crippen LogP contribution in [0.3, 0.4) is 0 Å². The molecule has 0 spiro atoms. The van der Waals surface area contributed by atoms with E-state index in [2.05, 4.69) is 15.0 Å². The second-order valence-electron chi connectivity index (χ2n) is 5.02. The molecule has 9 nitrogen and oxygen atoms in total. The normalized spacial score (nSPS) is 11.0. The highest BCUT2D eigenvalue weighted by Crippen LogP contribution is 2.33. The minimum absolute atomic E-state index is 0.101. The number of nitrogens with zero attached hydrogens (tertiary/aromatic N) is 4. The van der Waals surface area contributed by atoms with Gasteiger partial charge < -0.3 is 24.6 Å². The quantitative estimate of drug-likeness (QED) is 0.549. The van der Waals surface area contributed by atoms with Gasteiger partial charge in [-0.1, -0.05) is 0 Å². The molecule has 0 aliphatic rings. The molecule has 0 saturated heterocycles. The lowest BCUT2D eigenvalue weighted by Gasteiger charge is -2.10. The smallest absolute Gasteiger partial charge is 0.343 e. The van der Waals surface area contributed by atoms with Gasteiger partial charge in [-0.25, -0.2) is 14.5 Å². The van der Waals surface area contributed by atoms with Crippen molar-refractivity contribution in [3.8, 4) is 23.1 Å². The fraction of sp³-hybridized carbons (Fsp3) is 0.333. The monoisotopic (exact) mass is 331 g/mol. The Hall–Kier alpha value is -3.10. The van der Waals surface area contributed by atoms with Crippen LogP contribution >= 0.6 is 0 Å². The lowest BCUT2D eigenvalue weighted by atomic mass is 10.2. The third-order valence-corrected chi connectivity index (χ3v) is 3.51. The molecule has 24 heavy (non-hydrogen) atoms. The topological polar surface area (TPSA) is 108 Å². The lowest BCUT2D eigenvalue weighted by molar-refractivity contribution is -0.391. The molecule has 0 radical (unpaired) electrons. The van der Waals surface area contributed by atoms with Gasteiger partial charge >= 0.3 is 5.82 Å². The van der Waals surface area contributed by atoms with Crippen molar-refractivity contribution < 1.29 is 14.4 Å². The van der Waals surface area contributed by atoms with E-state index < -0.39 is 4.92 Å². The first kappa shape index (κ1) is 15.8. The molecule has 2 heterocycles. The number of benzene rings is 1. The lowest BCUT2D eigenvalue weighted by Crippen LogP contribution is -1.99. The van der Waals surface area contributed by atoms with Crippen LogP contribution in [0.2, 0.25) is 0 Å². The van der Waals surface area contributed by atoms with Crippen LogP contribution in [-0.4, -0.2) is 37.7 Å². The molecule has 1 N–H and O–H groups in total. The molecular formula is C15H17N5O4. The van der Waals surface area contributed by atoms with Crippen molar-refractivity contribution in [2.45, 2.75) is 13.8 Å². The summed E-state index contributed by atoms with van der Waals surface area (Å²) in [5.74, 6) is 1.95. The fourth-order valence-electron chi connectivity index (χ4n) is 2.45. The molecule has 0 fully saturated rings. The van der Waals surface area contributed by atoms with E-state index in [4.69, 9.17) is 9.47 Å². The van der Waals surface area contributed by atoms with Gasteiger partial charge in [0.15, 0.2) is 17.3 Å². The van der Waals surface area contributed by atoms with Gasteiger partial charge in [0.1, 0.15) is 6.20 Å². The van der Waals surface area contributed by atoms with E-state index in [1.54, 1.807) is 19.2 Å². The molecule has 0 bridgehead atoms. The Bertz CT molecular complexity index is 856. The van der Waals surface area contributed by atoms with Crippen molar-refractivity contribution in [3.05, 3.63) is 28.4 Å². The molecule has 126 valence electrons. The van der Waals surface area contributed by atoms with Crippen LogP contribution < -0.4 is 9.47 Å². The van der Waals surface area contributed by atoms with E-state index in [1.807, 2.05) is 13.8 Å². The molecule has 0 unspecified atom stereocenters. The van der Waals surface area contributed by atoms with Gasteiger partial charge in [0.25, 0.3) is 5.82 Å². The first-order chi connectivity index (χ1) is 11.5. The minimum Gasteiger partial charge on any atom is -0.490 e. The number of ether oxygens (including phenoxy) is 2. The number of rotatable bonds is 6. The maximum Gasteiger partial charge on any atom is 0.343 e. The molecule has 3 rings (SSSR count). The molecule has 2 aromatic heterocycles. The maximum absolute atomic E-state index is 11.0. The van der Waals surface area contributed by atoms with E-state index in [9.17, 15) is 10.1 Å². The van der Waals surface area contributed by atoms with Crippen molar-refractivity contribution in [2.75, 3.05) is 13.2 Å². The van der Waals surface area contributed by atoms with Gasteiger partial charge in [0, 0.05) is 12.1 Å². The van der Waals surface area contributed by atoms with Crippen molar-refractivity contribution in [2.24, 2.45) is 7.05 Å². The van der Waals surface area contributed by atoms with Gasteiger partial charge in [0.05, 0.1) is 31.3 Å². The summed E-state index contributed by atoms with van der Waals surface area (Å²) in [6.07, 6.45) is 1.21. The minimum atomic E-state index is -0.487. The summed E-state index contributed by atoms with van der Waals surface area (Å²) < 4.78 is 12.6. The SMILES string of the molecule is CCOc1cc2nc(-c3ncc([N+](=O)[O-])n3C)[nH]c2cc1OCC. The average molecular weight is 331 g/mol. The second kappa shape index (κ2) is 6.19. The van der Waals surface area contributed by atoms with Crippen LogP contribution in [0, 0.1) is 10.1 Å². The highest BCUT2D eigenvalue weighted by Gasteiger charge is 2.21. The van der Waals surface area contributed by atoms with Crippen molar-refractivity contribution in [1.29, 1.82) is 0 Å². The predicted molar refractivity (Wildman–Crippen MR) is 87.3 cm³/mol. The Labute approximate surface area is 137 Å². The van der Waals surface area contributed by atoms with E-state index in [0.29, 0.717) is 41.9 Å². The van der Waals surface area contributed by atoms with Gasteiger partial charge in [0.2, 0.25) is 0 Å². The summed E-state index contributed by atoms with van der Waals surface area (Å²) in [6, 6.07) is 3.58. The van der Waals surface area contributed by atoms with Gasteiger partial charge in [-0.15, -0.1) is 0 Å². The highest BCUT2D eigenvalue weighted by molar-refractivity contribution is 5.82. The van der Waals surface area contributed by atoms with Crippen LogP contribution in [0.25, 0.3) is 22.7 Å². The van der Waals surface area contributed by atoms with Crippen molar-refractivity contribution in [1.82, 2.24) is 19.5 Å².